The Labute approximate surface area is 143 Å². The maximum absolute atomic E-state index is 12.1. The molecule has 0 aliphatic carbocycles. The Morgan fingerprint density at radius 1 is 1.38 bits per heavy atom. The van der Waals surface area contributed by atoms with Gasteiger partial charge in [0.15, 0.2) is 5.16 Å². The van der Waals surface area contributed by atoms with E-state index in [0.29, 0.717) is 15.2 Å². The predicted octanol–water partition coefficient (Wildman–Crippen LogP) is 1.98. The number of carbonyl (C=O) groups is 1. The number of benzene rings is 1. The number of hydrogen-bond acceptors (Lipinski definition) is 9. The Hall–Kier alpha value is -2.86. The smallest absolute Gasteiger partial charge is 0.284 e. The molecule has 10 nitrogen and oxygen atoms in total. The predicted molar refractivity (Wildman–Crippen MR) is 86.1 cm³/mol. The summed E-state index contributed by atoms with van der Waals surface area (Å²) >= 11 is 2.25. The fourth-order valence-electron chi connectivity index (χ4n) is 1.75. The molecule has 0 spiro atoms. The summed E-state index contributed by atoms with van der Waals surface area (Å²) in [5, 5.41) is 29.6. The SMILES string of the molecule is Cn1cnnc1Sc1ccc(C(=O)Nc2nncs2)cc1[N+](=O)[O-]. The molecule has 1 amide bonds. The highest BCUT2D eigenvalue weighted by Gasteiger charge is 2.20. The highest BCUT2D eigenvalue weighted by molar-refractivity contribution is 7.99. The van der Waals surface area contributed by atoms with Gasteiger partial charge in [0.05, 0.1) is 9.82 Å². The number of aromatic nitrogens is 5. The molecule has 24 heavy (non-hydrogen) atoms. The summed E-state index contributed by atoms with van der Waals surface area (Å²) in [5.41, 5.74) is 1.44. The number of anilines is 1. The maximum Gasteiger partial charge on any atom is 0.284 e. The number of amides is 1. The van der Waals surface area contributed by atoms with Gasteiger partial charge in [0.25, 0.3) is 11.6 Å². The Kier molecular flexibility index (Phi) is 4.48. The van der Waals surface area contributed by atoms with Crippen LogP contribution in [0.2, 0.25) is 0 Å². The van der Waals surface area contributed by atoms with Gasteiger partial charge < -0.3 is 4.57 Å². The molecule has 0 unspecified atom stereocenters. The molecule has 0 saturated heterocycles. The van der Waals surface area contributed by atoms with Crippen LogP contribution in [0.5, 0.6) is 0 Å². The van der Waals surface area contributed by atoms with E-state index >= 15 is 0 Å². The van der Waals surface area contributed by atoms with Crippen molar-refractivity contribution in [2.45, 2.75) is 10.1 Å². The fourth-order valence-corrected chi connectivity index (χ4v) is 3.04. The average Bonchev–Trinajstić information content (AvgIpc) is 3.20. The molecular formula is C12H9N7O3S2. The molecule has 0 bridgehead atoms. The van der Waals surface area contributed by atoms with Crippen LogP contribution in [0.4, 0.5) is 10.8 Å². The lowest BCUT2D eigenvalue weighted by Crippen LogP contribution is -2.12. The third kappa shape index (κ3) is 3.38. The van der Waals surface area contributed by atoms with E-state index in [9.17, 15) is 14.9 Å². The molecule has 3 rings (SSSR count). The van der Waals surface area contributed by atoms with Crippen molar-refractivity contribution < 1.29 is 9.72 Å². The summed E-state index contributed by atoms with van der Waals surface area (Å²) in [6, 6.07) is 4.23. The summed E-state index contributed by atoms with van der Waals surface area (Å²) in [5.74, 6) is -0.495. The standard InChI is InChI=1S/C12H9N7O3S2/c1-18-5-13-17-12(18)24-9-3-2-7(4-8(9)19(21)22)10(20)15-11-16-14-6-23-11/h2-6H,1H3,(H,15,16,20). The van der Waals surface area contributed by atoms with Gasteiger partial charge in [-0.1, -0.05) is 11.3 Å². The van der Waals surface area contributed by atoms with Gasteiger partial charge in [-0.25, -0.2) is 0 Å². The first kappa shape index (κ1) is 16.0. The zero-order chi connectivity index (χ0) is 17.1. The van der Waals surface area contributed by atoms with E-state index in [4.69, 9.17) is 0 Å². The van der Waals surface area contributed by atoms with Gasteiger partial charge >= 0.3 is 0 Å². The van der Waals surface area contributed by atoms with Crippen LogP contribution in [-0.4, -0.2) is 35.8 Å². The Morgan fingerprint density at radius 3 is 2.83 bits per heavy atom. The summed E-state index contributed by atoms with van der Waals surface area (Å²) in [4.78, 5) is 23.3. The number of aryl methyl sites for hydroxylation is 1. The molecule has 0 radical (unpaired) electrons. The summed E-state index contributed by atoms with van der Waals surface area (Å²) in [6.45, 7) is 0. The molecule has 122 valence electrons. The molecule has 1 N–H and O–H groups in total. The van der Waals surface area contributed by atoms with Crippen molar-refractivity contribution in [3.05, 3.63) is 45.7 Å². The zero-order valence-electron chi connectivity index (χ0n) is 12.1. The number of carbonyl (C=O) groups excluding carboxylic acids is 1. The largest absolute Gasteiger partial charge is 0.311 e. The molecule has 12 heteroatoms. The van der Waals surface area contributed by atoms with E-state index in [2.05, 4.69) is 25.7 Å². The lowest BCUT2D eigenvalue weighted by atomic mass is 10.2. The maximum atomic E-state index is 12.1. The molecule has 2 heterocycles. The van der Waals surface area contributed by atoms with Gasteiger partial charge in [-0.15, -0.1) is 20.4 Å². The third-order valence-electron chi connectivity index (χ3n) is 2.87. The van der Waals surface area contributed by atoms with E-state index in [1.807, 2.05) is 0 Å². The molecule has 1 aromatic carbocycles. The monoisotopic (exact) mass is 363 g/mol. The Morgan fingerprint density at radius 2 is 2.21 bits per heavy atom. The number of nitrogens with zero attached hydrogens (tertiary/aromatic N) is 6. The van der Waals surface area contributed by atoms with Crippen LogP contribution in [0, 0.1) is 10.1 Å². The van der Waals surface area contributed by atoms with Crippen molar-refractivity contribution in [1.82, 2.24) is 25.0 Å². The second-order valence-electron chi connectivity index (χ2n) is 4.46. The first-order valence-corrected chi connectivity index (χ1v) is 8.12. The van der Waals surface area contributed by atoms with Crippen LogP contribution < -0.4 is 5.32 Å². The molecule has 0 atom stereocenters. The molecular weight excluding hydrogens is 354 g/mol. The molecule has 2 aromatic heterocycles. The quantitative estimate of drug-likeness (QED) is 0.538. The van der Waals surface area contributed by atoms with Crippen LogP contribution in [-0.2, 0) is 7.05 Å². The van der Waals surface area contributed by atoms with Crippen LogP contribution in [0.3, 0.4) is 0 Å². The molecule has 0 saturated carbocycles. The Balaban J connectivity index is 1.88. The van der Waals surface area contributed by atoms with Crippen LogP contribution >= 0.6 is 23.1 Å². The summed E-state index contributed by atoms with van der Waals surface area (Å²) < 4.78 is 1.64. The van der Waals surface area contributed by atoms with E-state index in [1.54, 1.807) is 11.6 Å². The van der Waals surface area contributed by atoms with Gasteiger partial charge in [0.2, 0.25) is 5.13 Å². The number of nitro benzene ring substituents is 1. The van der Waals surface area contributed by atoms with Crippen molar-refractivity contribution in [3.8, 4) is 0 Å². The molecule has 0 aliphatic heterocycles. The van der Waals surface area contributed by atoms with Crippen molar-refractivity contribution in [1.29, 1.82) is 0 Å². The van der Waals surface area contributed by atoms with Gasteiger partial charge in [-0.2, -0.15) is 0 Å². The van der Waals surface area contributed by atoms with Crippen molar-refractivity contribution in [2.75, 3.05) is 5.32 Å². The summed E-state index contributed by atoms with van der Waals surface area (Å²) in [7, 11) is 1.73. The van der Waals surface area contributed by atoms with Crippen molar-refractivity contribution in [3.63, 3.8) is 0 Å². The lowest BCUT2D eigenvalue weighted by Gasteiger charge is -2.05. The van der Waals surface area contributed by atoms with Crippen LogP contribution in [0.25, 0.3) is 0 Å². The van der Waals surface area contributed by atoms with Gasteiger partial charge in [-0.05, 0) is 23.9 Å². The molecule has 3 aromatic rings. The summed E-state index contributed by atoms with van der Waals surface area (Å²) in [6.07, 6.45) is 1.50. The highest BCUT2D eigenvalue weighted by Crippen LogP contribution is 2.34. The number of rotatable bonds is 5. The fraction of sp³-hybridized carbons (Fsp3) is 0.0833. The number of nitro groups is 1. The second kappa shape index (κ2) is 6.72. The van der Waals surface area contributed by atoms with Crippen molar-refractivity contribution >= 4 is 39.8 Å². The third-order valence-corrected chi connectivity index (χ3v) is 4.59. The second-order valence-corrected chi connectivity index (χ2v) is 6.31. The topological polar surface area (TPSA) is 129 Å². The zero-order valence-corrected chi connectivity index (χ0v) is 13.7. The lowest BCUT2D eigenvalue weighted by molar-refractivity contribution is -0.387. The van der Waals surface area contributed by atoms with Gasteiger partial charge in [-0.3, -0.25) is 20.2 Å². The Bertz CT molecular complexity index is 894. The van der Waals surface area contributed by atoms with Gasteiger partial charge in [0, 0.05) is 18.7 Å². The molecule has 0 fully saturated rings. The number of hydrogen-bond donors (Lipinski definition) is 1. The van der Waals surface area contributed by atoms with E-state index in [1.165, 1.54) is 30.0 Å². The average molecular weight is 363 g/mol. The number of nitrogens with one attached hydrogen (secondary N) is 1. The first-order valence-electron chi connectivity index (χ1n) is 6.42. The van der Waals surface area contributed by atoms with E-state index in [0.717, 1.165) is 23.1 Å². The van der Waals surface area contributed by atoms with E-state index in [-0.39, 0.29) is 11.3 Å². The minimum absolute atomic E-state index is 0.152. The molecule has 0 aliphatic rings. The van der Waals surface area contributed by atoms with Gasteiger partial charge in [0.1, 0.15) is 11.8 Å². The van der Waals surface area contributed by atoms with Crippen molar-refractivity contribution in [2.24, 2.45) is 7.05 Å². The van der Waals surface area contributed by atoms with E-state index < -0.39 is 10.8 Å². The van der Waals surface area contributed by atoms with Crippen LogP contribution in [0.1, 0.15) is 10.4 Å². The normalized spacial score (nSPS) is 10.5. The minimum atomic E-state index is -0.541. The highest BCUT2D eigenvalue weighted by atomic mass is 32.2. The first-order chi connectivity index (χ1) is 11.5. The minimum Gasteiger partial charge on any atom is -0.311 e. The van der Waals surface area contributed by atoms with Crippen LogP contribution in [0.15, 0.2) is 40.1 Å².